The number of halogens is 1. The zero-order valence-electron chi connectivity index (χ0n) is 10.9. The minimum Gasteiger partial charge on any atom is -0.355 e. The molecule has 3 N–H and O–H groups in total. The Morgan fingerprint density at radius 3 is 2.35 bits per heavy atom. The molecule has 0 aliphatic carbocycles. The number of nitrogens with two attached hydrogens (primary N) is 1. The first kappa shape index (κ1) is 18.6. The van der Waals surface area contributed by atoms with Crippen molar-refractivity contribution < 1.29 is 9.59 Å². The summed E-state index contributed by atoms with van der Waals surface area (Å²) in [5.41, 5.74) is 5.58. The number of hydrogen-bond donors (Lipinski definition) is 2. The van der Waals surface area contributed by atoms with Crippen molar-refractivity contribution in [3.05, 3.63) is 0 Å². The third-order valence-electron chi connectivity index (χ3n) is 2.26. The fourth-order valence-corrected chi connectivity index (χ4v) is 1.31. The number of nitrogens with zero attached hydrogens (tertiary/aromatic N) is 1. The Balaban J connectivity index is 0. The van der Waals surface area contributed by atoms with Crippen molar-refractivity contribution >= 4 is 24.2 Å². The molecule has 0 spiro atoms. The SMILES string of the molecule is CCNC(=O)CN(CC)C(=O)CCC(C)N.Cl. The summed E-state index contributed by atoms with van der Waals surface area (Å²) in [7, 11) is 0. The van der Waals surface area contributed by atoms with E-state index in [9.17, 15) is 9.59 Å². The van der Waals surface area contributed by atoms with E-state index in [-0.39, 0.29) is 36.8 Å². The van der Waals surface area contributed by atoms with Gasteiger partial charge in [-0.25, -0.2) is 0 Å². The molecule has 0 saturated heterocycles. The fraction of sp³-hybridized carbons (Fsp3) is 0.818. The van der Waals surface area contributed by atoms with E-state index in [0.29, 0.717) is 25.9 Å². The summed E-state index contributed by atoms with van der Waals surface area (Å²) >= 11 is 0. The van der Waals surface area contributed by atoms with Gasteiger partial charge in [0.15, 0.2) is 0 Å². The van der Waals surface area contributed by atoms with Crippen molar-refractivity contribution in [1.82, 2.24) is 10.2 Å². The quantitative estimate of drug-likeness (QED) is 0.705. The normalized spacial score (nSPS) is 11.3. The van der Waals surface area contributed by atoms with Crippen LogP contribution >= 0.6 is 12.4 Å². The van der Waals surface area contributed by atoms with Gasteiger partial charge in [-0.3, -0.25) is 9.59 Å². The monoisotopic (exact) mass is 265 g/mol. The van der Waals surface area contributed by atoms with Gasteiger partial charge in [0.25, 0.3) is 0 Å². The summed E-state index contributed by atoms with van der Waals surface area (Å²) in [6.07, 6.45) is 1.07. The Hall–Kier alpha value is -0.810. The van der Waals surface area contributed by atoms with Gasteiger partial charge in [-0.2, -0.15) is 0 Å². The standard InChI is InChI=1S/C11H23N3O2.ClH/c1-4-13-10(15)8-14(5-2)11(16)7-6-9(3)12;/h9H,4-8,12H2,1-3H3,(H,13,15);1H. The molecule has 1 unspecified atom stereocenters. The maximum atomic E-state index is 11.7. The van der Waals surface area contributed by atoms with Crippen LogP contribution in [-0.4, -0.2) is 42.4 Å². The van der Waals surface area contributed by atoms with E-state index in [1.807, 2.05) is 20.8 Å². The third-order valence-corrected chi connectivity index (χ3v) is 2.26. The molecule has 0 aromatic heterocycles. The highest BCUT2D eigenvalue weighted by Gasteiger charge is 2.14. The minimum absolute atomic E-state index is 0. The van der Waals surface area contributed by atoms with E-state index in [1.54, 1.807) is 4.90 Å². The Morgan fingerprint density at radius 2 is 1.94 bits per heavy atom. The van der Waals surface area contributed by atoms with Crippen molar-refractivity contribution in [3.8, 4) is 0 Å². The number of nitrogens with one attached hydrogen (secondary N) is 1. The number of likely N-dealkylation sites (N-methyl/N-ethyl adjacent to an activating group) is 2. The molecule has 0 bridgehead atoms. The average Bonchev–Trinajstić information content (AvgIpc) is 2.22. The lowest BCUT2D eigenvalue weighted by molar-refractivity contribution is -0.136. The van der Waals surface area contributed by atoms with Crippen molar-refractivity contribution in [1.29, 1.82) is 0 Å². The molecule has 0 aliphatic rings. The first-order valence-electron chi connectivity index (χ1n) is 5.81. The lowest BCUT2D eigenvalue weighted by Gasteiger charge is -2.20. The molecule has 0 aromatic rings. The summed E-state index contributed by atoms with van der Waals surface area (Å²) in [6.45, 7) is 6.87. The first-order valence-corrected chi connectivity index (χ1v) is 5.81. The van der Waals surface area contributed by atoms with Crippen LogP contribution in [0.25, 0.3) is 0 Å². The minimum atomic E-state index is -0.113. The van der Waals surface area contributed by atoms with Gasteiger partial charge in [0, 0.05) is 25.6 Å². The van der Waals surface area contributed by atoms with Gasteiger partial charge in [-0.05, 0) is 27.2 Å². The van der Waals surface area contributed by atoms with E-state index in [1.165, 1.54) is 0 Å². The number of hydrogen-bond acceptors (Lipinski definition) is 3. The molecule has 0 heterocycles. The van der Waals surface area contributed by atoms with Crippen LogP contribution < -0.4 is 11.1 Å². The Morgan fingerprint density at radius 1 is 1.35 bits per heavy atom. The van der Waals surface area contributed by atoms with Gasteiger partial charge >= 0.3 is 0 Å². The zero-order chi connectivity index (χ0) is 12.6. The van der Waals surface area contributed by atoms with Gasteiger partial charge in [-0.15, -0.1) is 12.4 Å². The summed E-state index contributed by atoms with van der Waals surface area (Å²) < 4.78 is 0. The summed E-state index contributed by atoms with van der Waals surface area (Å²) in [5.74, 6) is -0.121. The molecule has 5 nitrogen and oxygen atoms in total. The molecule has 102 valence electrons. The van der Waals surface area contributed by atoms with Gasteiger partial charge in [0.05, 0.1) is 6.54 Å². The molecule has 0 radical (unpaired) electrons. The molecule has 1 atom stereocenters. The molecular weight excluding hydrogens is 242 g/mol. The van der Waals surface area contributed by atoms with Crippen LogP contribution in [0.2, 0.25) is 0 Å². The molecule has 0 aliphatic heterocycles. The molecular formula is C11H24ClN3O2. The molecule has 0 rings (SSSR count). The van der Waals surface area contributed by atoms with Gasteiger partial charge in [0.2, 0.25) is 11.8 Å². The van der Waals surface area contributed by atoms with Crippen molar-refractivity contribution in [3.63, 3.8) is 0 Å². The van der Waals surface area contributed by atoms with Crippen LogP contribution in [0.3, 0.4) is 0 Å². The molecule has 0 saturated carbocycles. The predicted molar refractivity (Wildman–Crippen MR) is 71.1 cm³/mol. The van der Waals surface area contributed by atoms with Gasteiger partial charge in [0.1, 0.15) is 0 Å². The van der Waals surface area contributed by atoms with Crippen LogP contribution in [0.1, 0.15) is 33.6 Å². The van der Waals surface area contributed by atoms with E-state index < -0.39 is 0 Å². The van der Waals surface area contributed by atoms with Crippen molar-refractivity contribution in [2.75, 3.05) is 19.6 Å². The van der Waals surface area contributed by atoms with E-state index in [0.717, 1.165) is 0 Å². The zero-order valence-corrected chi connectivity index (χ0v) is 11.7. The van der Waals surface area contributed by atoms with Crippen LogP contribution in [0, 0.1) is 0 Å². The third kappa shape index (κ3) is 8.94. The first-order chi connectivity index (χ1) is 7.51. The van der Waals surface area contributed by atoms with E-state index in [4.69, 9.17) is 5.73 Å². The van der Waals surface area contributed by atoms with Crippen LogP contribution in [0.4, 0.5) is 0 Å². The number of carbonyl (C=O) groups excluding carboxylic acids is 2. The molecule has 0 fully saturated rings. The highest BCUT2D eigenvalue weighted by Crippen LogP contribution is 2.00. The smallest absolute Gasteiger partial charge is 0.239 e. The Kier molecular flexibility index (Phi) is 11.3. The lowest BCUT2D eigenvalue weighted by Crippen LogP contribution is -2.40. The topological polar surface area (TPSA) is 75.4 Å². The number of carbonyl (C=O) groups is 2. The second-order valence-corrected chi connectivity index (χ2v) is 3.88. The summed E-state index contributed by atoms with van der Waals surface area (Å²) in [6, 6.07) is 0.0205. The van der Waals surface area contributed by atoms with Crippen molar-refractivity contribution in [2.45, 2.75) is 39.7 Å². The second-order valence-electron chi connectivity index (χ2n) is 3.88. The maximum absolute atomic E-state index is 11.7. The van der Waals surface area contributed by atoms with Crippen LogP contribution in [-0.2, 0) is 9.59 Å². The summed E-state index contributed by atoms with van der Waals surface area (Å²) in [5, 5.41) is 2.67. The van der Waals surface area contributed by atoms with Crippen LogP contribution in [0.5, 0.6) is 0 Å². The van der Waals surface area contributed by atoms with E-state index >= 15 is 0 Å². The Bertz CT molecular complexity index is 235. The molecule has 0 aromatic carbocycles. The second kappa shape index (κ2) is 10.4. The molecule has 2 amide bonds. The highest BCUT2D eigenvalue weighted by molar-refractivity contribution is 5.85. The Labute approximate surface area is 110 Å². The number of amides is 2. The maximum Gasteiger partial charge on any atom is 0.239 e. The number of rotatable bonds is 7. The van der Waals surface area contributed by atoms with Gasteiger partial charge in [-0.1, -0.05) is 0 Å². The van der Waals surface area contributed by atoms with Crippen LogP contribution in [0.15, 0.2) is 0 Å². The molecule has 6 heteroatoms. The fourth-order valence-electron chi connectivity index (χ4n) is 1.31. The predicted octanol–water partition coefficient (Wildman–Crippen LogP) is 0.520. The molecule has 17 heavy (non-hydrogen) atoms. The highest BCUT2D eigenvalue weighted by atomic mass is 35.5. The summed E-state index contributed by atoms with van der Waals surface area (Å²) in [4.78, 5) is 24.6. The van der Waals surface area contributed by atoms with E-state index in [2.05, 4.69) is 5.32 Å². The largest absolute Gasteiger partial charge is 0.355 e. The van der Waals surface area contributed by atoms with Crippen molar-refractivity contribution in [2.24, 2.45) is 5.73 Å². The lowest BCUT2D eigenvalue weighted by atomic mass is 10.2. The van der Waals surface area contributed by atoms with Gasteiger partial charge < -0.3 is 16.0 Å². The average molecular weight is 266 g/mol.